The first kappa shape index (κ1) is 20.0. The molecule has 0 spiro atoms. The van der Waals surface area contributed by atoms with Crippen molar-refractivity contribution in [1.29, 1.82) is 0 Å². The van der Waals surface area contributed by atoms with Gasteiger partial charge in [-0.2, -0.15) is 0 Å². The topological polar surface area (TPSA) is 73.6 Å². The van der Waals surface area contributed by atoms with Crippen molar-refractivity contribution >= 4 is 5.91 Å². The maximum absolute atomic E-state index is 12.2. The van der Waals surface area contributed by atoms with Crippen LogP contribution < -0.4 is 10.1 Å². The lowest BCUT2D eigenvalue weighted by Crippen LogP contribution is -2.25. The Balaban J connectivity index is 1.79. The second kappa shape index (κ2) is 9.97. The van der Waals surface area contributed by atoms with E-state index in [9.17, 15) is 4.79 Å². The Labute approximate surface area is 154 Å². The number of carbonyl (C=O) groups excluding carboxylic acids is 1. The second-order valence-electron chi connectivity index (χ2n) is 6.70. The van der Waals surface area contributed by atoms with Crippen LogP contribution in [0.3, 0.4) is 0 Å². The summed E-state index contributed by atoms with van der Waals surface area (Å²) in [5, 5.41) is 6.81. The fraction of sp³-hybridized carbons (Fsp3) is 0.500. The Hall–Kier alpha value is -2.34. The summed E-state index contributed by atoms with van der Waals surface area (Å²) in [6.45, 7) is 10.3. The fourth-order valence-corrected chi connectivity index (χ4v) is 2.39. The normalized spacial score (nSPS) is 11.0. The minimum absolute atomic E-state index is 0.114. The summed E-state index contributed by atoms with van der Waals surface area (Å²) in [7, 11) is 0. The summed E-state index contributed by atoms with van der Waals surface area (Å²) in [5.74, 6) is 1.79. The molecule has 26 heavy (non-hydrogen) atoms. The summed E-state index contributed by atoms with van der Waals surface area (Å²) in [4.78, 5) is 12.2. The molecule has 6 heteroatoms. The van der Waals surface area contributed by atoms with Crippen LogP contribution in [0.25, 0.3) is 0 Å². The van der Waals surface area contributed by atoms with Gasteiger partial charge in [-0.15, -0.1) is 0 Å². The third kappa shape index (κ3) is 6.19. The molecule has 0 atom stereocenters. The number of aryl methyl sites for hydroxylation is 2. The number of amides is 1. The van der Waals surface area contributed by atoms with Gasteiger partial charge in [-0.25, -0.2) is 0 Å². The van der Waals surface area contributed by atoms with Crippen LogP contribution in [-0.4, -0.2) is 30.8 Å². The second-order valence-corrected chi connectivity index (χ2v) is 6.70. The van der Waals surface area contributed by atoms with Gasteiger partial charge in [0.25, 0.3) is 5.91 Å². The lowest BCUT2D eigenvalue weighted by molar-refractivity contribution is 0.0924. The van der Waals surface area contributed by atoms with E-state index in [-0.39, 0.29) is 5.91 Å². The molecule has 1 aromatic carbocycles. The summed E-state index contributed by atoms with van der Waals surface area (Å²) in [6.07, 6.45) is 0.792. The molecule has 0 aliphatic carbocycles. The zero-order valence-electron chi connectivity index (χ0n) is 16.0. The number of rotatable bonds is 10. The zero-order valence-corrected chi connectivity index (χ0v) is 16.0. The van der Waals surface area contributed by atoms with E-state index in [1.54, 1.807) is 12.1 Å². The molecular weight excluding hydrogens is 332 g/mol. The monoisotopic (exact) mass is 360 g/mol. The van der Waals surface area contributed by atoms with Gasteiger partial charge < -0.3 is 19.3 Å². The van der Waals surface area contributed by atoms with Gasteiger partial charge in [0.1, 0.15) is 18.1 Å². The van der Waals surface area contributed by atoms with Crippen molar-refractivity contribution in [2.75, 3.05) is 19.8 Å². The van der Waals surface area contributed by atoms with Crippen molar-refractivity contribution in [3.05, 3.63) is 46.8 Å². The van der Waals surface area contributed by atoms with Crippen LogP contribution in [0.5, 0.6) is 5.75 Å². The van der Waals surface area contributed by atoms with Crippen molar-refractivity contribution in [3.8, 4) is 5.75 Å². The van der Waals surface area contributed by atoms with E-state index in [0.29, 0.717) is 37.0 Å². The van der Waals surface area contributed by atoms with E-state index in [2.05, 4.69) is 24.3 Å². The Morgan fingerprint density at radius 2 is 2.12 bits per heavy atom. The van der Waals surface area contributed by atoms with E-state index in [1.165, 1.54) is 0 Å². The number of carbonyl (C=O) groups is 1. The number of hydrogen-bond acceptors (Lipinski definition) is 5. The number of hydrogen-bond donors (Lipinski definition) is 1. The van der Waals surface area contributed by atoms with Crippen molar-refractivity contribution < 1.29 is 18.8 Å². The zero-order chi connectivity index (χ0) is 18.9. The number of aromatic nitrogens is 1. The van der Waals surface area contributed by atoms with Crippen LogP contribution in [0.15, 0.2) is 28.8 Å². The predicted octanol–water partition coefficient (Wildman–Crippen LogP) is 3.66. The Morgan fingerprint density at radius 3 is 2.81 bits per heavy atom. The standard InChI is InChI=1S/C20H28N2O4/c1-14(2)12-24-10-6-9-21-20(23)17-7-5-8-18(11-17)25-13-19-15(3)22-26-16(19)4/h5,7-8,11,14H,6,9-10,12-13H2,1-4H3,(H,21,23). The number of ether oxygens (including phenoxy) is 2. The molecule has 0 saturated heterocycles. The van der Waals surface area contributed by atoms with E-state index in [0.717, 1.165) is 30.0 Å². The summed E-state index contributed by atoms with van der Waals surface area (Å²) < 4.78 is 16.4. The van der Waals surface area contributed by atoms with E-state index in [1.807, 2.05) is 26.0 Å². The fourth-order valence-electron chi connectivity index (χ4n) is 2.39. The third-order valence-electron chi connectivity index (χ3n) is 3.86. The SMILES string of the molecule is Cc1noc(C)c1COc1cccc(C(=O)NCCCOCC(C)C)c1. The van der Waals surface area contributed by atoms with Gasteiger partial charge in [-0.05, 0) is 44.4 Å². The number of benzene rings is 1. The molecule has 0 saturated carbocycles. The molecule has 1 aromatic heterocycles. The van der Waals surface area contributed by atoms with Gasteiger partial charge >= 0.3 is 0 Å². The molecule has 1 heterocycles. The van der Waals surface area contributed by atoms with Gasteiger partial charge in [-0.1, -0.05) is 25.1 Å². The van der Waals surface area contributed by atoms with Crippen LogP contribution in [-0.2, 0) is 11.3 Å². The average Bonchev–Trinajstić information content (AvgIpc) is 2.94. The van der Waals surface area contributed by atoms with Gasteiger partial charge in [0.15, 0.2) is 0 Å². The molecule has 142 valence electrons. The quantitative estimate of drug-likeness (QED) is 0.655. The maximum Gasteiger partial charge on any atom is 0.251 e. The first-order valence-electron chi connectivity index (χ1n) is 8.98. The van der Waals surface area contributed by atoms with Crippen LogP contribution in [0, 0.1) is 19.8 Å². The van der Waals surface area contributed by atoms with Gasteiger partial charge in [0.05, 0.1) is 11.3 Å². The Morgan fingerprint density at radius 1 is 1.31 bits per heavy atom. The molecule has 0 radical (unpaired) electrons. The van der Waals surface area contributed by atoms with E-state index >= 15 is 0 Å². The lowest BCUT2D eigenvalue weighted by Gasteiger charge is -2.09. The third-order valence-corrected chi connectivity index (χ3v) is 3.86. The molecule has 2 rings (SSSR count). The van der Waals surface area contributed by atoms with Gasteiger partial charge in [-0.3, -0.25) is 4.79 Å². The van der Waals surface area contributed by atoms with E-state index in [4.69, 9.17) is 14.0 Å². The minimum atomic E-state index is -0.114. The molecule has 0 fully saturated rings. The predicted molar refractivity (Wildman–Crippen MR) is 99.4 cm³/mol. The molecule has 6 nitrogen and oxygen atoms in total. The van der Waals surface area contributed by atoms with Crippen LogP contribution in [0.2, 0.25) is 0 Å². The summed E-state index contributed by atoms with van der Waals surface area (Å²) in [6, 6.07) is 7.15. The first-order valence-corrected chi connectivity index (χ1v) is 8.98. The van der Waals surface area contributed by atoms with Crippen molar-refractivity contribution in [2.45, 2.75) is 40.7 Å². The lowest BCUT2D eigenvalue weighted by atomic mass is 10.2. The molecule has 2 aromatic rings. The summed E-state index contributed by atoms with van der Waals surface area (Å²) in [5.41, 5.74) is 2.32. The first-order chi connectivity index (χ1) is 12.5. The molecule has 1 amide bonds. The highest BCUT2D eigenvalue weighted by molar-refractivity contribution is 5.94. The molecule has 0 unspecified atom stereocenters. The molecule has 0 bridgehead atoms. The number of nitrogens with one attached hydrogen (secondary N) is 1. The van der Waals surface area contributed by atoms with Gasteiger partial charge in [0, 0.05) is 25.3 Å². The maximum atomic E-state index is 12.2. The number of nitrogens with zero attached hydrogens (tertiary/aromatic N) is 1. The largest absolute Gasteiger partial charge is 0.489 e. The van der Waals surface area contributed by atoms with Crippen LogP contribution in [0.4, 0.5) is 0 Å². The van der Waals surface area contributed by atoms with Crippen molar-refractivity contribution in [3.63, 3.8) is 0 Å². The summed E-state index contributed by atoms with van der Waals surface area (Å²) >= 11 is 0. The van der Waals surface area contributed by atoms with E-state index < -0.39 is 0 Å². The smallest absolute Gasteiger partial charge is 0.251 e. The van der Waals surface area contributed by atoms with Gasteiger partial charge in [0.2, 0.25) is 0 Å². The average molecular weight is 360 g/mol. The highest BCUT2D eigenvalue weighted by atomic mass is 16.5. The Kier molecular flexibility index (Phi) is 7.66. The van der Waals surface area contributed by atoms with Crippen molar-refractivity contribution in [2.24, 2.45) is 5.92 Å². The molecule has 0 aliphatic rings. The highest BCUT2D eigenvalue weighted by Crippen LogP contribution is 2.18. The highest BCUT2D eigenvalue weighted by Gasteiger charge is 2.11. The van der Waals surface area contributed by atoms with Crippen LogP contribution in [0.1, 0.15) is 47.6 Å². The molecular formula is C20H28N2O4. The van der Waals surface area contributed by atoms with Crippen molar-refractivity contribution in [1.82, 2.24) is 10.5 Å². The minimum Gasteiger partial charge on any atom is -0.489 e. The van der Waals surface area contributed by atoms with Crippen LogP contribution >= 0.6 is 0 Å². The Bertz CT molecular complexity index is 690. The molecule has 0 aliphatic heterocycles. The molecule has 1 N–H and O–H groups in total.